The molecule has 0 aliphatic carbocycles. The molecular formula is C23H17N5O3. The molecule has 152 valence electrons. The molecule has 1 atom stereocenters. The summed E-state index contributed by atoms with van der Waals surface area (Å²) in [7, 11) is 0. The predicted molar refractivity (Wildman–Crippen MR) is 114 cm³/mol. The molecule has 0 spiro atoms. The molecule has 3 aromatic heterocycles. The maximum atomic E-state index is 13.1. The molecule has 8 nitrogen and oxygen atoms in total. The third-order valence-electron chi connectivity index (χ3n) is 5.27. The number of imidazole rings is 1. The van der Waals surface area contributed by atoms with Crippen LogP contribution in [-0.4, -0.2) is 36.7 Å². The van der Waals surface area contributed by atoms with E-state index < -0.39 is 17.7 Å². The SMILES string of the molecule is Cc1ccc2nc(N3C(=O)C(=O)/C(=C(/O)c4ccncc4)C3c3ccncc3)[nH]c2c1. The van der Waals surface area contributed by atoms with E-state index in [1.807, 2.05) is 25.1 Å². The van der Waals surface area contributed by atoms with E-state index in [9.17, 15) is 14.7 Å². The summed E-state index contributed by atoms with van der Waals surface area (Å²) in [5.74, 6) is -1.59. The zero-order valence-electron chi connectivity index (χ0n) is 16.5. The number of pyridine rings is 2. The number of nitrogens with one attached hydrogen (secondary N) is 1. The molecule has 4 heterocycles. The van der Waals surface area contributed by atoms with Gasteiger partial charge in [-0.2, -0.15) is 0 Å². The number of rotatable bonds is 3. The van der Waals surface area contributed by atoms with Gasteiger partial charge in [-0.1, -0.05) is 6.07 Å². The summed E-state index contributed by atoms with van der Waals surface area (Å²) in [6, 6.07) is 11.4. The second-order valence-corrected chi connectivity index (χ2v) is 7.27. The number of aryl methyl sites for hydroxylation is 1. The molecule has 1 saturated heterocycles. The van der Waals surface area contributed by atoms with Crippen molar-refractivity contribution in [1.82, 2.24) is 19.9 Å². The topological polar surface area (TPSA) is 112 Å². The first-order valence-corrected chi connectivity index (χ1v) is 9.62. The molecule has 5 rings (SSSR count). The Balaban J connectivity index is 1.73. The van der Waals surface area contributed by atoms with E-state index in [0.29, 0.717) is 16.6 Å². The number of aliphatic hydroxyl groups excluding tert-OH is 1. The van der Waals surface area contributed by atoms with E-state index in [1.54, 1.807) is 36.7 Å². The van der Waals surface area contributed by atoms with Crippen LogP contribution in [0.4, 0.5) is 5.95 Å². The number of carbonyl (C=O) groups excluding carboxylic acids is 2. The lowest BCUT2D eigenvalue weighted by Crippen LogP contribution is -2.30. The summed E-state index contributed by atoms with van der Waals surface area (Å²) in [5.41, 5.74) is 3.46. The summed E-state index contributed by atoms with van der Waals surface area (Å²) in [6.07, 6.45) is 6.16. The van der Waals surface area contributed by atoms with Crippen LogP contribution in [0.2, 0.25) is 0 Å². The number of aromatic amines is 1. The van der Waals surface area contributed by atoms with Crippen LogP contribution in [0.3, 0.4) is 0 Å². The van der Waals surface area contributed by atoms with Crippen LogP contribution in [0.25, 0.3) is 16.8 Å². The van der Waals surface area contributed by atoms with Gasteiger partial charge < -0.3 is 10.1 Å². The Hall–Kier alpha value is -4.33. The number of benzene rings is 1. The molecular weight excluding hydrogens is 394 g/mol. The van der Waals surface area contributed by atoms with Gasteiger partial charge >= 0.3 is 5.91 Å². The van der Waals surface area contributed by atoms with E-state index in [2.05, 4.69) is 19.9 Å². The summed E-state index contributed by atoms with van der Waals surface area (Å²) < 4.78 is 0. The van der Waals surface area contributed by atoms with Gasteiger partial charge in [-0.25, -0.2) is 4.98 Å². The van der Waals surface area contributed by atoms with Crippen LogP contribution in [0.1, 0.15) is 22.7 Å². The minimum absolute atomic E-state index is 0.0148. The van der Waals surface area contributed by atoms with Crippen molar-refractivity contribution in [3.8, 4) is 0 Å². The maximum absolute atomic E-state index is 13.1. The minimum Gasteiger partial charge on any atom is -0.507 e. The largest absolute Gasteiger partial charge is 0.507 e. The van der Waals surface area contributed by atoms with Crippen LogP contribution in [-0.2, 0) is 9.59 Å². The number of carbonyl (C=O) groups is 2. The predicted octanol–water partition coefficient (Wildman–Crippen LogP) is 3.29. The van der Waals surface area contributed by atoms with Gasteiger partial charge in [0, 0.05) is 30.4 Å². The molecule has 31 heavy (non-hydrogen) atoms. The van der Waals surface area contributed by atoms with E-state index in [0.717, 1.165) is 11.1 Å². The molecule has 1 aliphatic rings. The van der Waals surface area contributed by atoms with Crippen molar-refractivity contribution in [2.45, 2.75) is 13.0 Å². The van der Waals surface area contributed by atoms with Gasteiger partial charge in [-0.15, -0.1) is 0 Å². The molecule has 1 aliphatic heterocycles. The Kier molecular flexibility index (Phi) is 4.32. The van der Waals surface area contributed by atoms with Crippen LogP contribution in [0.15, 0.2) is 72.8 Å². The van der Waals surface area contributed by atoms with Gasteiger partial charge in [0.05, 0.1) is 22.6 Å². The normalized spacial score (nSPS) is 18.1. The van der Waals surface area contributed by atoms with Crippen LogP contribution >= 0.6 is 0 Å². The van der Waals surface area contributed by atoms with Crippen LogP contribution in [0.5, 0.6) is 0 Å². The smallest absolute Gasteiger partial charge is 0.302 e. The molecule has 2 N–H and O–H groups in total. The van der Waals surface area contributed by atoms with Crippen molar-refractivity contribution in [1.29, 1.82) is 0 Å². The molecule has 1 unspecified atom stereocenters. The number of ketones is 1. The van der Waals surface area contributed by atoms with Gasteiger partial charge in [-0.05, 0) is 54.4 Å². The Morgan fingerprint density at radius 3 is 2.39 bits per heavy atom. The Labute approximate surface area is 176 Å². The number of Topliss-reactive ketones (excluding diaryl/α,β-unsaturated/α-hetero) is 1. The van der Waals surface area contributed by atoms with Crippen molar-refractivity contribution in [2.24, 2.45) is 0 Å². The lowest BCUT2D eigenvalue weighted by Gasteiger charge is -2.22. The quantitative estimate of drug-likeness (QED) is 0.304. The number of nitrogens with zero attached hydrogens (tertiary/aromatic N) is 4. The first-order chi connectivity index (χ1) is 15.0. The van der Waals surface area contributed by atoms with E-state index in [-0.39, 0.29) is 17.3 Å². The highest BCUT2D eigenvalue weighted by Crippen LogP contribution is 2.41. The Bertz CT molecular complexity index is 1350. The maximum Gasteiger partial charge on any atom is 0.302 e. The zero-order chi connectivity index (χ0) is 21.5. The highest BCUT2D eigenvalue weighted by atomic mass is 16.3. The van der Waals surface area contributed by atoms with Gasteiger partial charge in [-0.3, -0.25) is 24.5 Å². The van der Waals surface area contributed by atoms with Crippen molar-refractivity contribution in [3.63, 3.8) is 0 Å². The van der Waals surface area contributed by atoms with Crippen molar-refractivity contribution in [2.75, 3.05) is 4.90 Å². The molecule has 8 heteroatoms. The minimum atomic E-state index is -0.863. The third-order valence-corrected chi connectivity index (χ3v) is 5.27. The number of hydrogen-bond donors (Lipinski definition) is 2. The lowest BCUT2D eigenvalue weighted by atomic mass is 9.96. The lowest BCUT2D eigenvalue weighted by molar-refractivity contribution is -0.132. The van der Waals surface area contributed by atoms with Crippen molar-refractivity contribution >= 4 is 34.4 Å². The number of aliphatic hydroxyl groups is 1. The van der Waals surface area contributed by atoms with Gasteiger partial charge in [0.15, 0.2) is 0 Å². The van der Waals surface area contributed by atoms with Gasteiger partial charge in [0.1, 0.15) is 5.76 Å². The number of amides is 1. The standard InChI is InChI=1S/C23H17N5O3/c1-13-2-3-16-17(12-13)27-23(26-16)28-19(14-4-8-24-9-5-14)18(21(30)22(28)31)20(29)15-6-10-25-11-7-15/h2-12,19,29H,1H3,(H,26,27)/b20-18+. The average molecular weight is 411 g/mol. The Morgan fingerprint density at radius 1 is 1.00 bits per heavy atom. The average Bonchev–Trinajstić information content (AvgIpc) is 3.32. The molecule has 1 aromatic carbocycles. The molecule has 1 amide bonds. The first-order valence-electron chi connectivity index (χ1n) is 9.62. The monoisotopic (exact) mass is 411 g/mol. The summed E-state index contributed by atoms with van der Waals surface area (Å²) in [5, 5.41) is 11.0. The summed E-state index contributed by atoms with van der Waals surface area (Å²) in [6.45, 7) is 1.96. The second-order valence-electron chi connectivity index (χ2n) is 7.27. The first kappa shape index (κ1) is 18.7. The molecule has 0 bridgehead atoms. The number of H-pyrrole nitrogens is 1. The zero-order valence-corrected chi connectivity index (χ0v) is 16.5. The molecule has 0 radical (unpaired) electrons. The number of fused-ring (bicyclic) bond motifs is 1. The Morgan fingerprint density at radius 2 is 1.68 bits per heavy atom. The number of hydrogen-bond acceptors (Lipinski definition) is 6. The van der Waals surface area contributed by atoms with Gasteiger partial charge in [0.2, 0.25) is 5.95 Å². The molecule has 1 fully saturated rings. The van der Waals surface area contributed by atoms with Crippen molar-refractivity contribution in [3.05, 3.63) is 89.5 Å². The van der Waals surface area contributed by atoms with Crippen molar-refractivity contribution < 1.29 is 14.7 Å². The highest BCUT2D eigenvalue weighted by molar-refractivity contribution is 6.51. The number of anilines is 1. The summed E-state index contributed by atoms with van der Waals surface area (Å²) >= 11 is 0. The third kappa shape index (κ3) is 3.05. The van der Waals surface area contributed by atoms with E-state index >= 15 is 0 Å². The summed E-state index contributed by atoms with van der Waals surface area (Å²) in [4.78, 5) is 43.1. The second kappa shape index (κ2) is 7.17. The van der Waals surface area contributed by atoms with Crippen LogP contribution < -0.4 is 4.90 Å². The molecule has 4 aromatic rings. The van der Waals surface area contributed by atoms with E-state index in [1.165, 1.54) is 17.3 Å². The highest BCUT2D eigenvalue weighted by Gasteiger charge is 2.48. The fraction of sp³-hybridized carbons (Fsp3) is 0.0870. The van der Waals surface area contributed by atoms with Gasteiger partial charge in [0.25, 0.3) is 5.78 Å². The van der Waals surface area contributed by atoms with Crippen LogP contribution in [0, 0.1) is 6.92 Å². The fourth-order valence-electron chi connectivity index (χ4n) is 3.80. The van der Waals surface area contributed by atoms with E-state index in [4.69, 9.17) is 0 Å². The molecule has 0 saturated carbocycles. The number of aromatic nitrogens is 4. The fourth-order valence-corrected chi connectivity index (χ4v) is 3.80.